The van der Waals surface area contributed by atoms with Gasteiger partial charge in [0.1, 0.15) is 0 Å². The summed E-state index contributed by atoms with van der Waals surface area (Å²) in [7, 11) is 0. The molecule has 0 unspecified atom stereocenters. The van der Waals surface area contributed by atoms with Gasteiger partial charge in [-0.3, -0.25) is 0 Å². The molecule has 0 atom stereocenters. The van der Waals surface area contributed by atoms with Gasteiger partial charge in [0.2, 0.25) is 0 Å². The van der Waals surface area contributed by atoms with Crippen LogP contribution in [-0.2, 0) is 6.61 Å². The van der Waals surface area contributed by atoms with E-state index in [0.29, 0.717) is 0 Å². The second-order valence-corrected chi connectivity index (χ2v) is 6.39. The van der Waals surface area contributed by atoms with E-state index in [0.717, 1.165) is 11.1 Å². The molecule has 4 aromatic carbocycles. The van der Waals surface area contributed by atoms with Gasteiger partial charge in [0.15, 0.2) is 0 Å². The molecule has 0 aliphatic carbocycles. The Labute approximate surface area is 154 Å². The fraction of sp³-hybridized carbons (Fsp3) is 0.0400. The van der Waals surface area contributed by atoms with E-state index in [2.05, 4.69) is 78.9 Å². The molecule has 0 amide bonds. The topological polar surface area (TPSA) is 20.2 Å². The first-order valence-electron chi connectivity index (χ1n) is 8.79. The number of benzene rings is 4. The van der Waals surface area contributed by atoms with Crippen molar-refractivity contribution in [2.45, 2.75) is 6.61 Å². The first-order valence-corrected chi connectivity index (χ1v) is 8.79. The van der Waals surface area contributed by atoms with Crippen LogP contribution >= 0.6 is 0 Å². The molecule has 0 saturated carbocycles. The standard InChI is InChI=1S/C25H20O/c26-18-19-11-13-22(14-12-19)25-16-23(20-7-3-1-4-8-20)15-24(17-25)21-9-5-2-6-10-21/h1-17,26H,18H2. The Balaban J connectivity index is 1.87. The summed E-state index contributed by atoms with van der Waals surface area (Å²) in [5, 5.41) is 9.28. The largest absolute Gasteiger partial charge is 0.392 e. The van der Waals surface area contributed by atoms with Crippen LogP contribution in [0.3, 0.4) is 0 Å². The smallest absolute Gasteiger partial charge is 0.0681 e. The predicted octanol–water partition coefficient (Wildman–Crippen LogP) is 6.18. The maximum atomic E-state index is 9.28. The highest BCUT2D eigenvalue weighted by molar-refractivity contribution is 5.81. The molecule has 1 heteroatoms. The van der Waals surface area contributed by atoms with Crippen molar-refractivity contribution in [3.63, 3.8) is 0 Å². The average Bonchev–Trinajstić information content (AvgIpc) is 2.75. The van der Waals surface area contributed by atoms with Crippen LogP contribution in [0, 0.1) is 0 Å². The Morgan fingerprint density at radius 3 is 1.19 bits per heavy atom. The van der Waals surface area contributed by atoms with E-state index >= 15 is 0 Å². The van der Waals surface area contributed by atoms with Gasteiger partial charge in [-0.2, -0.15) is 0 Å². The SMILES string of the molecule is OCc1ccc(-c2cc(-c3ccccc3)cc(-c3ccccc3)c2)cc1. The molecule has 0 aliphatic heterocycles. The van der Waals surface area contributed by atoms with Crippen LogP contribution < -0.4 is 0 Å². The summed E-state index contributed by atoms with van der Waals surface area (Å²) in [6, 6.07) is 35.7. The number of aliphatic hydroxyl groups is 1. The van der Waals surface area contributed by atoms with Crippen LogP contribution in [0.15, 0.2) is 103 Å². The molecular weight excluding hydrogens is 316 g/mol. The van der Waals surface area contributed by atoms with Crippen LogP contribution in [0.4, 0.5) is 0 Å². The van der Waals surface area contributed by atoms with Crippen LogP contribution in [0.1, 0.15) is 5.56 Å². The fourth-order valence-electron chi connectivity index (χ4n) is 3.19. The zero-order valence-electron chi connectivity index (χ0n) is 14.5. The third-order valence-electron chi connectivity index (χ3n) is 4.62. The quantitative estimate of drug-likeness (QED) is 0.472. The van der Waals surface area contributed by atoms with Gasteiger partial charge >= 0.3 is 0 Å². The molecule has 0 aromatic heterocycles. The van der Waals surface area contributed by atoms with E-state index in [9.17, 15) is 5.11 Å². The predicted molar refractivity (Wildman–Crippen MR) is 109 cm³/mol. The minimum absolute atomic E-state index is 0.0690. The molecule has 0 saturated heterocycles. The van der Waals surface area contributed by atoms with E-state index < -0.39 is 0 Å². The second kappa shape index (κ2) is 7.38. The van der Waals surface area contributed by atoms with Crippen molar-refractivity contribution in [3.8, 4) is 33.4 Å². The number of aliphatic hydroxyl groups excluding tert-OH is 1. The zero-order valence-corrected chi connectivity index (χ0v) is 14.5. The summed E-state index contributed by atoms with van der Waals surface area (Å²) in [5.74, 6) is 0. The molecule has 0 radical (unpaired) electrons. The lowest BCUT2D eigenvalue weighted by atomic mass is 9.93. The van der Waals surface area contributed by atoms with Gasteiger partial charge < -0.3 is 5.11 Å². The lowest BCUT2D eigenvalue weighted by Crippen LogP contribution is -1.87. The van der Waals surface area contributed by atoms with Gasteiger partial charge in [-0.05, 0) is 57.1 Å². The number of hydrogen-bond donors (Lipinski definition) is 1. The van der Waals surface area contributed by atoms with Gasteiger partial charge in [0, 0.05) is 0 Å². The molecule has 1 N–H and O–H groups in total. The van der Waals surface area contributed by atoms with Crippen molar-refractivity contribution in [2.75, 3.05) is 0 Å². The lowest BCUT2D eigenvalue weighted by molar-refractivity contribution is 0.282. The maximum absolute atomic E-state index is 9.28. The monoisotopic (exact) mass is 336 g/mol. The Morgan fingerprint density at radius 2 is 0.808 bits per heavy atom. The first kappa shape index (κ1) is 16.3. The van der Waals surface area contributed by atoms with Gasteiger partial charge in [-0.1, -0.05) is 84.9 Å². The van der Waals surface area contributed by atoms with Crippen molar-refractivity contribution in [1.29, 1.82) is 0 Å². The molecule has 0 fully saturated rings. The van der Waals surface area contributed by atoms with Crippen molar-refractivity contribution in [2.24, 2.45) is 0 Å². The van der Waals surface area contributed by atoms with Crippen molar-refractivity contribution in [1.82, 2.24) is 0 Å². The molecule has 126 valence electrons. The highest BCUT2D eigenvalue weighted by atomic mass is 16.3. The molecule has 0 bridgehead atoms. The lowest BCUT2D eigenvalue weighted by Gasteiger charge is -2.11. The first-order chi connectivity index (χ1) is 12.8. The fourth-order valence-corrected chi connectivity index (χ4v) is 3.19. The Hall–Kier alpha value is -3.16. The van der Waals surface area contributed by atoms with Gasteiger partial charge in [-0.25, -0.2) is 0 Å². The third kappa shape index (κ3) is 3.44. The molecule has 4 aromatic rings. The van der Waals surface area contributed by atoms with Gasteiger partial charge in [0.25, 0.3) is 0 Å². The highest BCUT2D eigenvalue weighted by Crippen LogP contribution is 2.32. The molecule has 0 heterocycles. The second-order valence-electron chi connectivity index (χ2n) is 6.39. The third-order valence-corrected chi connectivity index (χ3v) is 4.62. The van der Waals surface area contributed by atoms with Crippen molar-refractivity contribution >= 4 is 0 Å². The number of hydrogen-bond acceptors (Lipinski definition) is 1. The summed E-state index contributed by atoms with van der Waals surface area (Å²) in [5.41, 5.74) is 8.07. The molecule has 1 nitrogen and oxygen atoms in total. The summed E-state index contributed by atoms with van der Waals surface area (Å²) < 4.78 is 0. The minimum Gasteiger partial charge on any atom is -0.392 e. The maximum Gasteiger partial charge on any atom is 0.0681 e. The van der Waals surface area contributed by atoms with Crippen LogP contribution in [0.25, 0.3) is 33.4 Å². The zero-order chi connectivity index (χ0) is 17.8. The molecular formula is C25H20O. The molecule has 26 heavy (non-hydrogen) atoms. The van der Waals surface area contributed by atoms with Crippen LogP contribution in [0.2, 0.25) is 0 Å². The normalized spacial score (nSPS) is 10.7. The average molecular weight is 336 g/mol. The minimum atomic E-state index is 0.0690. The van der Waals surface area contributed by atoms with E-state index in [1.54, 1.807) is 0 Å². The van der Waals surface area contributed by atoms with Crippen LogP contribution in [0.5, 0.6) is 0 Å². The van der Waals surface area contributed by atoms with E-state index in [1.165, 1.54) is 27.8 Å². The molecule has 0 aliphatic rings. The van der Waals surface area contributed by atoms with E-state index in [4.69, 9.17) is 0 Å². The number of rotatable bonds is 4. The van der Waals surface area contributed by atoms with Crippen molar-refractivity contribution < 1.29 is 5.11 Å². The summed E-state index contributed by atoms with van der Waals surface area (Å²) in [6.45, 7) is 0.0690. The Kier molecular flexibility index (Phi) is 4.63. The van der Waals surface area contributed by atoms with E-state index in [-0.39, 0.29) is 6.61 Å². The van der Waals surface area contributed by atoms with Gasteiger partial charge in [0.05, 0.1) is 6.61 Å². The molecule has 4 rings (SSSR count). The Morgan fingerprint density at radius 1 is 0.423 bits per heavy atom. The summed E-state index contributed by atoms with van der Waals surface area (Å²) >= 11 is 0. The Bertz CT molecular complexity index is 929. The van der Waals surface area contributed by atoms with E-state index in [1.807, 2.05) is 24.3 Å². The highest BCUT2D eigenvalue weighted by Gasteiger charge is 2.07. The summed E-state index contributed by atoms with van der Waals surface area (Å²) in [4.78, 5) is 0. The summed E-state index contributed by atoms with van der Waals surface area (Å²) in [6.07, 6.45) is 0. The van der Waals surface area contributed by atoms with Gasteiger partial charge in [-0.15, -0.1) is 0 Å². The van der Waals surface area contributed by atoms with Crippen LogP contribution in [-0.4, -0.2) is 5.11 Å². The molecule has 0 spiro atoms. The van der Waals surface area contributed by atoms with Crippen molar-refractivity contribution in [3.05, 3.63) is 109 Å².